The van der Waals surface area contributed by atoms with Gasteiger partial charge in [0.1, 0.15) is 0 Å². The lowest BCUT2D eigenvalue weighted by molar-refractivity contribution is 0.0950. The van der Waals surface area contributed by atoms with Crippen molar-refractivity contribution in [1.82, 2.24) is 10.3 Å². The number of rotatable bonds is 4. The van der Waals surface area contributed by atoms with E-state index in [1.807, 2.05) is 18.2 Å². The molecule has 1 heterocycles. The first kappa shape index (κ1) is 13.8. The first-order valence-electron chi connectivity index (χ1n) is 6.45. The van der Waals surface area contributed by atoms with E-state index in [2.05, 4.69) is 17.2 Å². The molecule has 1 amide bonds. The molecule has 4 heteroatoms. The van der Waals surface area contributed by atoms with Crippen LogP contribution in [0.1, 0.15) is 34.1 Å². The number of benzene rings is 1. The molecule has 2 aromatic rings. The highest BCUT2D eigenvalue weighted by Crippen LogP contribution is 2.07. The molecule has 0 unspecified atom stereocenters. The Morgan fingerprint density at radius 2 is 2.05 bits per heavy atom. The average Bonchev–Trinajstić information content (AvgIpc) is 2.53. The van der Waals surface area contributed by atoms with Crippen LogP contribution in [0.5, 0.6) is 0 Å². The van der Waals surface area contributed by atoms with Gasteiger partial charge in [0.25, 0.3) is 5.91 Å². The van der Waals surface area contributed by atoms with E-state index in [9.17, 15) is 4.79 Å². The molecule has 0 fully saturated rings. The molecule has 0 spiro atoms. The molecule has 100 valence electrons. The van der Waals surface area contributed by atoms with Crippen LogP contribution < -0.4 is 5.32 Å². The Labute approximate surface area is 118 Å². The highest BCUT2D eigenvalue weighted by Gasteiger charge is 2.07. The van der Waals surface area contributed by atoms with E-state index in [1.54, 1.807) is 30.5 Å². The second-order valence-electron chi connectivity index (χ2n) is 4.33. The lowest BCUT2D eigenvalue weighted by Crippen LogP contribution is -2.23. The highest BCUT2D eigenvalue weighted by atomic mass is 16.1. The molecule has 4 nitrogen and oxygen atoms in total. The molecular formula is C16H15N3O. The number of amides is 1. The minimum Gasteiger partial charge on any atom is -0.346 e. The Bertz CT molecular complexity index is 642. The number of nitrogens with zero attached hydrogens (tertiary/aromatic N) is 2. The molecule has 0 radical (unpaired) electrons. The molecule has 1 N–H and O–H groups in total. The molecule has 1 aromatic heterocycles. The Morgan fingerprint density at radius 1 is 1.30 bits per heavy atom. The maximum absolute atomic E-state index is 12.0. The summed E-state index contributed by atoms with van der Waals surface area (Å²) in [5, 5.41) is 11.6. The lowest BCUT2D eigenvalue weighted by atomic mass is 10.1. The van der Waals surface area contributed by atoms with Crippen molar-refractivity contribution in [1.29, 1.82) is 5.26 Å². The van der Waals surface area contributed by atoms with Crippen LogP contribution in [0.25, 0.3) is 0 Å². The van der Waals surface area contributed by atoms with Crippen molar-refractivity contribution in [3.8, 4) is 6.07 Å². The number of hydrogen-bond donors (Lipinski definition) is 1. The Hall–Kier alpha value is -2.67. The molecular weight excluding hydrogens is 250 g/mol. The number of nitrogens with one attached hydrogen (secondary N) is 1. The fourth-order valence-corrected chi connectivity index (χ4v) is 1.91. The van der Waals surface area contributed by atoms with Gasteiger partial charge in [0.05, 0.1) is 23.9 Å². The zero-order chi connectivity index (χ0) is 14.4. The third-order valence-corrected chi connectivity index (χ3v) is 3.06. The van der Waals surface area contributed by atoms with Crippen molar-refractivity contribution >= 4 is 5.91 Å². The summed E-state index contributed by atoms with van der Waals surface area (Å²) in [6, 6.07) is 12.5. The van der Waals surface area contributed by atoms with Crippen LogP contribution in [-0.2, 0) is 13.0 Å². The van der Waals surface area contributed by atoms with Gasteiger partial charge in [0.2, 0.25) is 0 Å². The minimum absolute atomic E-state index is 0.165. The van der Waals surface area contributed by atoms with Gasteiger partial charge in [0, 0.05) is 11.8 Å². The zero-order valence-electron chi connectivity index (χ0n) is 11.3. The predicted molar refractivity (Wildman–Crippen MR) is 75.9 cm³/mol. The third-order valence-electron chi connectivity index (χ3n) is 3.06. The summed E-state index contributed by atoms with van der Waals surface area (Å²) in [5.74, 6) is -0.165. The molecule has 0 bridgehead atoms. The molecule has 0 atom stereocenters. The molecule has 2 rings (SSSR count). The quantitative estimate of drug-likeness (QED) is 0.923. The molecule has 0 saturated carbocycles. The fourth-order valence-electron chi connectivity index (χ4n) is 1.91. The van der Waals surface area contributed by atoms with Crippen molar-refractivity contribution in [2.45, 2.75) is 19.9 Å². The van der Waals surface area contributed by atoms with Gasteiger partial charge in [-0.1, -0.05) is 13.0 Å². The van der Waals surface area contributed by atoms with Crippen molar-refractivity contribution < 1.29 is 4.79 Å². The van der Waals surface area contributed by atoms with E-state index in [4.69, 9.17) is 5.26 Å². The average molecular weight is 265 g/mol. The Kier molecular flexibility index (Phi) is 4.46. The minimum atomic E-state index is -0.165. The predicted octanol–water partition coefficient (Wildman–Crippen LogP) is 2.45. The van der Waals surface area contributed by atoms with Crippen LogP contribution in [0, 0.1) is 11.3 Å². The SMILES string of the molecule is CCc1cccnc1CNC(=O)c1ccc(C#N)cc1. The largest absolute Gasteiger partial charge is 0.346 e. The second kappa shape index (κ2) is 6.48. The number of hydrogen-bond acceptors (Lipinski definition) is 3. The number of aryl methyl sites for hydroxylation is 1. The molecule has 0 saturated heterocycles. The van der Waals surface area contributed by atoms with Gasteiger partial charge >= 0.3 is 0 Å². The number of aromatic nitrogens is 1. The number of pyridine rings is 1. The van der Waals surface area contributed by atoms with Gasteiger partial charge < -0.3 is 5.32 Å². The topological polar surface area (TPSA) is 65.8 Å². The fraction of sp³-hybridized carbons (Fsp3) is 0.188. The lowest BCUT2D eigenvalue weighted by Gasteiger charge is -2.08. The van der Waals surface area contributed by atoms with E-state index < -0.39 is 0 Å². The number of carbonyl (C=O) groups is 1. The van der Waals surface area contributed by atoms with Crippen molar-refractivity contribution in [2.24, 2.45) is 0 Å². The van der Waals surface area contributed by atoms with E-state index in [-0.39, 0.29) is 5.91 Å². The van der Waals surface area contributed by atoms with Gasteiger partial charge in [0.15, 0.2) is 0 Å². The van der Waals surface area contributed by atoms with Gasteiger partial charge in [-0.2, -0.15) is 5.26 Å². The zero-order valence-corrected chi connectivity index (χ0v) is 11.3. The summed E-state index contributed by atoms with van der Waals surface area (Å²) < 4.78 is 0. The summed E-state index contributed by atoms with van der Waals surface area (Å²) in [5.41, 5.74) is 3.10. The van der Waals surface area contributed by atoms with E-state index in [1.165, 1.54) is 0 Å². The molecule has 1 aromatic carbocycles. The van der Waals surface area contributed by atoms with Gasteiger partial charge in [-0.05, 0) is 42.3 Å². The van der Waals surface area contributed by atoms with Gasteiger partial charge in [-0.3, -0.25) is 9.78 Å². The van der Waals surface area contributed by atoms with Crippen LogP contribution in [0.2, 0.25) is 0 Å². The van der Waals surface area contributed by atoms with Crippen LogP contribution in [0.4, 0.5) is 0 Å². The molecule has 0 aliphatic rings. The first-order valence-corrected chi connectivity index (χ1v) is 6.45. The molecule has 0 aliphatic heterocycles. The van der Waals surface area contributed by atoms with E-state index in [0.717, 1.165) is 17.7 Å². The molecule has 0 aliphatic carbocycles. The number of nitriles is 1. The summed E-state index contributed by atoms with van der Waals surface area (Å²) in [6.45, 7) is 2.46. The van der Waals surface area contributed by atoms with Crippen LogP contribution >= 0.6 is 0 Å². The smallest absolute Gasteiger partial charge is 0.251 e. The Morgan fingerprint density at radius 3 is 2.70 bits per heavy atom. The van der Waals surface area contributed by atoms with Gasteiger partial charge in [-0.25, -0.2) is 0 Å². The normalized spacial score (nSPS) is 9.80. The first-order chi connectivity index (χ1) is 9.74. The van der Waals surface area contributed by atoms with Crippen LogP contribution in [0.15, 0.2) is 42.6 Å². The van der Waals surface area contributed by atoms with Crippen molar-refractivity contribution in [2.75, 3.05) is 0 Å². The van der Waals surface area contributed by atoms with Crippen LogP contribution in [0.3, 0.4) is 0 Å². The summed E-state index contributed by atoms with van der Waals surface area (Å²) in [6.07, 6.45) is 2.61. The van der Waals surface area contributed by atoms with Gasteiger partial charge in [-0.15, -0.1) is 0 Å². The summed E-state index contributed by atoms with van der Waals surface area (Å²) >= 11 is 0. The van der Waals surface area contributed by atoms with E-state index >= 15 is 0 Å². The highest BCUT2D eigenvalue weighted by molar-refractivity contribution is 5.94. The van der Waals surface area contributed by atoms with Crippen molar-refractivity contribution in [3.63, 3.8) is 0 Å². The molecule has 20 heavy (non-hydrogen) atoms. The van der Waals surface area contributed by atoms with E-state index in [0.29, 0.717) is 17.7 Å². The summed E-state index contributed by atoms with van der Waals surface area (Å²) in [7, 11) is 0. The summed E-state index contributed by atoms with van der Waals surface area (Å²) in [4.78, 5) is 16.3. The maximum atomic E-state index is 12.0. The number of carbonyl (C=O) groups excluding carboxylic acids is 1. The second-order valence-corrected chi connectivity index (χ2v) is 4.33. The maximum Gasteiger partial charge on any atom is 0.251 e. The Balaban J connectivity index is 2.03. The monoisotopic (exact) mass is 265 g/mol. The standard InChI is InChI=1S/C16H15N3O/c1-2-13-4-3-9-18-15(13)11-19-16(20)14-7-5-12(10-17)6-8-14/h3-9H,2,11H2,1H3,(H,19,20). The van der Waals surface area contributed by atoms with Crippen LogP contribution in [-0.4, -0.2) is 10.9 Å². The van der Waals surface area contributed by atoms with Crippen molar-refractivity contribution in [3.05, 3.63) is 65.0 Å². The third kappa shape index (κ3) is 3.21.